The second-order valence-corrected chi connectivity index (χ2v) is 5.60. The summed E-state index contributed by atoms with van der Waals surface area (Å²) in [4.78, 5) is 20.4. The van der Waals surface area contributed by atoms with Gasteiger partial charge in [0.2, 0.25) is 5.91 Å². The number of nitrogens with zero attached hydrogens (tertiary/aromatic N) is 3. The van der Waals surface area contributed by atoms with Gasteiger partial charge in [0, 0.05) is 32.4 Å². The van der Waals surface area contributed by atoms with Crippen LogP contribution >= 0.6 is 0 Å². The van der Waals surface area contributed by atoms with Crippen LogP contribution < -0.4 is 10.2 Å². The number of rotatable bonds is 4. The van der Waals surface area contributed by atoms with Crippen molar-refractivity contribution in [3.05, 3.63) is 54.2 Å². The van der Waals surface area contributed by atoms with Gasteiger partial charge in [-0.2, -0.15) is 0 Å². The van der Waals surface area contributed by atoms with E-state index in [1.807, 2.05) is 23.1 Å². The molecule has 1 saturated heterocycles. The van der Waals surface area contributed by atoms with E-state index in [-0.39, 0.29) is 6.54 Å². The molecule has 0 bridgehead atoms. The summed E-state index contributed by atoms with van der Waals surface area (Å²) in [5, 5.41) is 2.31. The number of amides is 1. The Kier molecular flexibility index (Phi) is 5.00. The van der Waals surface area contributed by atoms with Crippen LogP contribution in [0.15, 0.2) is 42.6 Å². The van der Waals surface area contributed by atoms with E-state index in [1.165, 1.54) is 6.07 Å². The third-order valence-corrected chi connectivity index (χ3v) is 3.94. The Morgan fingerprint density at radius 1 is 1.04 bits per heavy atom. The smallest absolute Gasteiger partial charge is 0.238 e. The van der Waals surface area contributed by atoms with Crippen LogP contribution in [0, 0.1) is 11.6 Å². The van der Waals surface area contributed by atoms with Crippen molar-refractivity contribution in [2.24, 2.45) is 0 Å². The summed E-state index contributed by atoms with van der Waals surface area (Å²) in [5.41, 5.74) is -0.394. The van der Waals surface area contributed by atoms with E-state index in [0.29, 0.717) is 13.1 Å². The predicted octanol–water partition coefficient (Wildman–Crippen LogP) is 2.12. The number of halogens is 2. The number of hydrogen-bond donors (Lipinski definition) is 1. The number of pyridine rings is 1. The molecular weight excluding hydrogens is 314 g/mol. The number of aromatic nitrogens is 1. The molecule has 0 saturated carbocycles. The van der Waals surface area contributed by atoms with Gasteiger partial charge in [-0.15, -0.1) is 0 Å². The van der Waals surface area contributed by atoms with Gasteiger partial charge in [0.25, 0.3) is 0 Å². The standard InChI is InChI=1S/C17H18F2N4O/c18-13-4-3-5-14(19)17(13)21-16(24)12-22-8-10-23(11-9-22)15-6-1-2-7-20-15/h1-7H,8-12H2,(H,21,24). The molecule has 1 amide bonds. The highest BCUT2D eigenvalue weighted by molar-refractivity contribution is 5.92. The molecule has 7 heteroatoms. The molecule has 1 N–H and O–H groups in total. The minimum Gasteiger partial charge on any atom is -0.354 e. The molecule has 2 aromatic rings. The van der Waals surface area contributed by atoms with Gasteiger partial charge >= 0.3 is 0 Å². The molecule has 0 atom stereocenters. The molecule has 126 valence electrons. The summed E-state index contributed by atoms with van der Waals surface area (Å²) < 4.78 is 27.1. The maximum atomic E-state index is 13.5. The SMILES string of the molecule is O=C(CN1CCN(c2ccccn2)CC1)Nc1c(F)cccc1F. The summed E-state index contributed by atoms with van der Waals surface area (Å²) >= 11 is 0. The first-order valence-corrected chi connectivity index (χ1v) is 7.75. The van der Waals surface area contributed by atoms with Gasteiger partial charge in [-0.05, 0) is 24.3 Å². The number of carbonyl (C=O) groups excluding carboxylic acids is 1. The van der Waals surface area contributed by atoms with Crippen LogP contribution in [0.25, 0.3) is 0 Å². The summed E-state index contributed by atoms with van der Waals surface area (Å²) in [6, 6.07) is 9.24. The van der Waals surface area contributed by atoms with Crippen molar-refractivity contribution < 1.29 is 13.6 Å². The number of benzene rings is 1. The molecule has 1 fully saturated rings. The van der Waals surface area contributed by atoms with Crippen molar-refractivity contribution >= 4 is 17.4 Å². The topological polar surface area (TPSA) is 48.5 Å². The van der Waals surface area contributed by atoms with E-state index in [9.17, 15) is 13.6 Å². The lowest BCUT2D eigenvalue weighted by Gasteiger charge is -2.34. The predicted molar refractivity (Wildman–Crippen MR) is 87.9 cm³/mol. The zero-order chi connectivity index (χ0) is 16.9. The molecule has 1 aromatic heterocycles. The molecular formula is C17H18F2N4O. The van der Waals surface area contributed by atoms with Crippen molar-refractivity contribution in [1.82, 2.24) is 9.88 Å². The summed E-state index contributed by atoms with van der Waals surface area (Å²) in [6.45, 7) is 2.97. The normalized spacial score (nSPS) is 15.3. The van der Waals surface area contributed by atoms with Crippen LogP contribution in [0.4, 0.5) is 20.3 Å². The van der Waals surface area contributed by atoms with Gasteiger partial charge in [-0.3, -0.25) is 9.69 Å². The van der Waals surface area contributed by atoms with Crippen LogP contribution in [0.5, 0.6) is 0 Å². The van der Waals surface area contributed by atoms with E-state index in [1.54, 1.807) is 6.20 Å². The molecule has 24 heavy (non-hydrogen) atoms. The highest BCUT2D eigenvalue weighted by Gasteiger charge is 2.20. The largest absolute Gasteiger partial charge is 0.354 e. The second-order valence-electron chi connectivity index (χ2n) is 5.60. The van der Waals surface area contributed by atoms with E-state index in [4.69, 9.17) is 0 Å². The Labute approximate surface area is 138 Å². The first-order valence-electron chi connectivity index (χ1n) is 7.75. The quantitative estimate of drug-likeness (QED) is 0.932. The lowest BCUT2D eigenvalue weighted by molar-refractivity contribution is -0.117. The fraction of sp³-hybridized carbons (Fsp3) is 0.294. The second kappa shape index (κ2) is 7.35. The zero-order valence-electron chi connectivity index (χ0n) is 13.1. The Bertz CT molecular complexity index is 683. The lowest BCUT2D eigenvalue weighted by atomic mass is 10.2. The fourth-order valence-corrected chi connectivity index (χ4v) is 2.68. The minimum absolute atomic E-state index is 0.101. The van der Waals surface area contributed by atoms with Gasteiger partial charge in [0.15, 0.2) is 0 Å². The molecule has 0 unspecified atom stereocenters. The average Bonchev–Trinajstić information content (AvgIpc) is 2.60. The Morgan fingerprint density at radius 2 is 1.75 bits per heavy atom. The van der Waals surface area contributed by atoms with Crippen molar-refractivity contribution in [2.75, 3.05) is 42.9 Å². The van der Waals surface area contributed by atoms with Crippen LogP contribution in [-0.4, -0.2) is 48.5 Å². The van der Waals surface area contributed by atoms with Crippen LogP contribution in [0.2, 0.25) is 0 Å². The van der Waals surface area contributed by atoms with Crippen molar-refractivity contribution in [2.45, 2.75) is 0 Å². The molecule has 0 radical (unpaired) electrons. The number of nitrogens with one attached hydrogen (secondary N) is 1. The molecule has 5 nitrogen and oxygen atoms in total. The summed E-state index contributed by atoms with van der Waals surface area (Å²) in [5.74, 6) is -1.06. The Morgan fingerprint density at radius 3 is 2.38 bits per heavy atom. The van der Waals surface area contributed by atoms with Gasteiger partial charge in [-0.25, -0.2) is 13.8 Å². The van der Waals surface area contributed by atoms with E-state index in [2.05, 4.69) is 15.2 Å². The molecule has 0 spiro atoms. The molecule has 0 aliphatic carbocycles. The van der Waals surface area contributed by atoms with Gasteiger partial charge < -0.3 is 10.2 Å². The summed E-state index contributed by atoms with van der Waals surface area (Å²) in [7, 11) is 0. The van der Waals surface area contributed by atoms with Crippen molar-refractivity contribution in [3.63, 3.8) is 0 Å². The average molecular weight is 332 g/mol. The molecule has 1 aliphatic heterocycles. The van der Waals surface area contributed by atoms with E-state index < -0.39 is 23.2 Å². The van der Waals surface area contributed by atoms with Crippen LogP contribution in [0.3, 0.4) is 0 Å². The highest BCUT2D eigenvalue weighted by atomic mass is 19.1. The zero-order valence-corrected chi connectivity index (χ0v) is 13.1. The van der Waals surface area contributed by atoms with Gasteiger partial charge in [0.1, 0.15) is 23.1 Å². The summed E-state index contributed by atoms with van der Waals surface area (Å²) in [6.07, 6.45) is 1.75. The number of carbonyl (C=O) groups is 1. The fourth-order valence-electron chi connectivity index (χ4n) is 2.68. The Balaban J connectivity index is 1.52. The van der Waals surface area contributed by atoms with Gasteiger partial charge in [-0.1, -0.05) is 12.1 Å². The third-order valence-electron chi connectivity index (χ3n) is 3.94. The number of para-hydroxylation sites is 1. The van der Waals surface area contributed by atoms with Crippen LogP contribution in [-0.2, 0) is 4.79 Å². The molecule has 1 aliphatic rings. The highest BCUT2D eigenvalue weighted by Crippen LogP contribution is 2.18. The first-order chi connectivity index (χ1) is 11.6. The van der Waals surface area contributed by atoms with E-state index >= 15 is 0 Å². The van der Waals surface area contributed by atoms with E-state index in [0.717, 1.165) is 31.0 Å². The first kappa shape index (κ1) is 16.3. The maximum Gasteiger partial charge on any atom is 0.238 e. The molecule has 1 aromatic carbocycles. The molecule has 2 heterocycles. The third kappa shape index (κ3) is 3.86. The Hall–Kier alpha value is -2.54. The van der Waals surface area contributed by atoms with Crippen molar-refractivity contribution in [3.8, 4) is 0 Å². The number of hydrogen-bond acceptors (Lipinski definition) is 4. The number of piperazine rings is 1. The lowest BCUT2D eigenvalue weighted by Crippen LogP contribution is -2.49. The molecule has 3 rings (SSSR count). The number of anilines is 2. The van der Waals surface area contributed by atoms with Gasteiger partial charge in [0.05, 0.1) is 6.54 Å². The maximum absolute atomic E-state index is 13.5. The monoisotopic (exact) mass is 332 g/mol. The van der Waals surface area contributed by atoms with Crippen LogP contribution in [0.1, 0.15) is 0 Å². The van der Waals surface area contributed by atoms with Crippen molar-refractivity contribution in [1.29, 1.82) is 0 Å². The minimum atomic E-state index is -0.775.